The molecule has 2 aromatic carbocycles. The molecular weight excluding hydrogens is 204 g/mol. The fourth-order valence-corrected chi connectivity index (χ4v) is 3.54. The smallest absolute Gasteiger partial charge is 0.00681 e. The zero-order chi connectivity index (χ0) is 11.4. The van der Waals surface area contributed by atoms with Gasteiger partial charge >= 0.3 is 0 Å². The van der Waals surface area contributed by atoms with Crippen LogP contribution in [0.15, 0.2) is 24.3 Å². The van der Waals surface area contributed by atoms with Gasteiger partial charge < -0.3 is 0 Å². The second-order valence-electron chi connectivity index (χ2n) is 5.36. The summed E-state index contributed by atoms with van der Waals surface area (Å²) in [5.41, 5.74) is 7.59. The molecule has 0 saturated heterocycles. The Kier molecular flexibility index (Phi) is 1.80. The predicted molar refractivity (Wildman–Crippen MR) is 73.4 cm³/mol. The van der Waals surface area contributed by atoms with Crippen molar-refractivity contribution in [3.05, 3.63) is 52.1 Å². The first-order valence-corrected chi connectivity index (χ1v) is 6.58. The maximum atomic E-state index is 2.42. The van der Waals surface area contributed by atoms with Crippen molar-refractivity contribution in [2.24, 2.45) is 0 Å². The highest BCUT2D eigenvalue weighted by Gasteiger charge is 2.19. The first kappa shape index (κ1) is 9.47. The molecule has 0 nitrogen and oxygen atoms in total. The first-order valence-electron chi connectivity index (χ1n) is 6.58. The van der Waals surface area contributed by atoms with Crippen LogP contribution in [0.3, 0.4) is 0 Å². The largest absolute Gasteiger partial charge is 0.0795 e. The van der Waals surface area contributed by atoms with E-state index in [1.165, 1.54) is 36.0 Å². The number of hydrogen-bond donors (Lipinski definition) is 0. The molecule has 0 atom stereocenters. The minimum Gasteiger partial charge on any atom is -0.0795 e. The van der Waals surface area contributed by atoms with E-state index in [2.05, 4.69) is 37.3 Å². The second-order valence-corrected chi connectivity index (χ2v) is 5.36. The third-order valence-corrected chi connectivity index (χ3v) is 4.30. The zero-order valence-electron chi connectivity index (χ0n) is 10.2. The summed E-state index contributed by atoms with van der Waals surface area (Å²) in [4.78, 5) is 0. The van der Waals surface area contributed by atoms with Crippen molar-refractivity contribution in [1.29, 1.82) is 0 Å². The van der Waals surface area contributed by atoms with Crippen LogP contribution < -0.4 is 0 Å². The third-order valence-electron chi connectivity index (χ3n) is 4.30. The van der Waals surface area contributed by atoms with Gasteiger partial charge in [0, 0.05) is 0 Å². The molecule has 0 heteroatoms. The van der Waals surface area contributed by atoms with Gasteiger partial charge in [0.15, 0.2) is 0 Å². The molecule has 2 aliphatic rings. The highest BCUT2D eigenvalue weighted by molar-refractivity contribution is 6.00. The highest BCUT2D eigenvalue weighted by atomic mass is 14.2. The summed E-state index contributed by atoms with van der Waals surface area (Å²) in [6.45, 7) is 2.26. The van der Waals surface area contributed by atoms with Crippen LogP contribution in [0.4, 0.5) is 0 Å². The fraction of sp³-hybridized carbons (Fsp3) is 0.294. The molecule has 0 radical (unpaired) electrons. The van der Waals surface area contributed by atoms with Crippen LogP contribution in [0, 0.1) is 6.92 Å². The lowest BCUT2D eigenvalue weighted by Crippen LogP contribution is -2.06. The van der Waals surface area contributed by atoms with Gasteiger partial charge in [0.2, 0.25) is 0 Å². The average molecular weight is 220 g/mol. The number of aryl methyl sites for hydroxylation is 3. The highest BCUT2D eigenvalue weighted by Crippen LogP contribution is 2.38. The first-order chi connectivity index (χ1) is 8.34. The van der Waals surface area contributed by atoms with Gasteiger partial charge in [-0.25, -0.2) is 0 Å². The van der Waals surface area contributed by atoms with E-state index in [1.807, 2.05) is 0 Å². The van der Waals surface area contributed by atoms with Gasteiger partial charge in [0.1, 0.15) is 0 Å². The number of allylic oxidation sites excluding steroid dienone is 1. The maximum absolute atomic E-state index is 2.42. The Bertz CT molecular complexity index is 660. The topological polar surface area (TPSA) is 0 Å². The zero-order valence-corrected chi connectivity index (χ0v) is 10.2. The number of rotatable bonds is 0. The van der Waals surface area contributed by atoms with Crippen LogP contribution in [0.25, 0.3) is 16.8 Å². The SMILES string of the molecule is Cc1cc2c3c(ccc4c3c1C=CC4)CCC2. The van der Waals surface area contributed by atoms with Crippen molar-refractivity contribution >= 4 is 16.8 Å². The summed E-state index contributed by atoms with van der Waals surface area (Å²) in [5, 5.41) is 3.14. The molecule has 0 amide bonds. The van der Waals surface area contributed by atoms with Gasteiger partial charge in [-0.05, 0) is 71.2 Å². The average Bonchev–Trinajstić information content (AvgIpc) is 2.37. The fourth-order valence-electron chi connectivity index (χ4n) is 3.54. The summed E-state index contributed by atoms with van der Waals surface area (Å²) in [6, 6.07) is 7.12. The quantitative estimate of drug-likeness (QED) is 0.624. The molecule has 0 aliphatic heterocycles. The van der Waals surface area contributed by atoms with Gasteiger partial charge in [0.25, 0.3) is 0 Å². The van der Waals surface area contributed by atoms with Crippen LogP contribution in [0.2, 0.25) is 0 Å². The lowest BCUT2D eigenvalue weighted by Gasteiger charge is -2.23. The number of benzene rings is 2. The minimum absolute atomic E-state index is 1.10. The van der Waals surface area contributed by atoms with Gasteiger partial charge in [-0.2, -0.15) is 0 Å². The number of hydrogen-bond acceptors (Lipinski definition) is 0. The standard InChI is InChI=1S/C17H16/c1-11-10-14-6-2-4-12-8-9-13-5-3-7-15(11)17(13)16(12)14/h3,7-10H,2,4-6H2,1H3. The molecule has 0 saturated carbocycles. The van der Waals surface area contributed by atoms with Gasteiger partial charge in [-0.1, -0.05) is 30.4 Å². The summed E-state index contributed by atoms with van der Waals surface area (Å²) in [6.07, 6.45) is 9.56. The second kappa shape index (κ2) is 3.22. The Morgan fingerprint density at radius 2 is 1.76 bits per heavy atom. The van der Waals surface area contributed by atoms with E-state index in [9.17, 15) is 0 Å². The summed E-state index contributed by atoms with van der Waals surface area (Å²) < 4.78 is 0. The van der Waals surface area contributed by atoms with Gasteiger partial charge in [-0.3, -0.25) is 0 Å². The molecule has 4 rings (SSSR count). The predicted octanol–water partition coefficient (Wildman–Crippen LogP) is 4.21. The Hall–Kier alpha value is -1.56. The van der Waals surface area contributed by atoms with E-state index < -0.39 is 0 Å². The normalized spacial score (nSPS) is 16.5. The molecular formula is C17H16. The van der Waals surface area contributed by atoms with Crippen LogP contribution in [-0.4, -0.2) is 0 Å². The van der Waals surface area contributed by atoms with Gasteiger partial charge in [0.05, 0.1) is 0 Å². The van der Waals surface area contributed by atoms with Crippen LogP contribution in [-0.2, 0) is 19.3 Å². The Morgan fingerprint density at radius 1 is 0.941 bits per heavy atom. The molecule has 0 spiro atoms. The van der Waals surface area contributed by atoms with E-state index in [4.69, 9.17) is 0 Å². The van der Waals surface area contributed by atoms with Crippen molar-refractivity contribution in [2.75, 3.05) is 0 Å². The Morgan fingerprint density at radius 3 is 2.71 bits per heavy atom. The van der Waals surface area contributed by atoms with Crippen molar-refractivity contribution in [3.63, 3.8) is 0 Å². The van der Waals surface area contributed by atoms with E-state index in [0.29, 0.717) is 0 Å². The molecule has 2 aliphatic carbocycles. The van der Waals surface area contributed by atoms with E-state index >= 15 is 0 Å². The molecule has 0 N–H and O–H groups in total. The molecule has 0 heterocycles. The molecule has 84 valence electrons. The van der Waals surface area contributed by atoms with Crippen molar-refractivity contribution in [1.82, 2.24) is 0 Å². The minimum atomic E-state index is 1.10. The summed E-state index contributed by atoms with van der Waals surface area (Å²) >= 11 is 0. The van der Waals surface area contributed by atoms with E-state index in [0.717, 1.165) is 6.42 Å². The maximum Gasteiger partial charge on any atom is -0.00681 e. The molecule has 2 aromatic rings. The molecule has 0 aromatic heterocycles. The molecule has 0 unspecified atom stereocenters. The van der Waals surface area contributed by atoms with Crippen molar-refractivity contribution in [3.8, 4) is 0 Å². The van der Waals surface area contributed by atoms with Crippen LogP contribution in [0.5, 0.6) is 0 Å². The lowest BCUT2D eigenvalue weighted by atomic mass is 9.81. The van der Waals surface area contributed by atoms with Crippen molar-refractivity contribution in [2.45, 2.75) is 32.6 Å². The van der Waals surface area contributed by atoms with Crippen molar-refractivity contribution < 1.29 is 0 Å². The molecule has 0 fully saturated rings. The van der Waals surface area contributed by atoms with Crippen LogP contribution >= 0.6 is 0 Å². The lowest BCUT2D eigenvalue weighted by molar-refractivity contribution is 0.806. The summed E-state index contributed by atoms with van der Waals surface area (Å²) in [7, 11) is 0. The van der Waals surface area contributed by atoms with E-state index in [-0.39, 0.29) is 0 Å². The summed E-state index contributed by atoms with van der Waals surface area (Å²) in [5.74, 6) is 0. The third kappa shape index (κ3) is 1.18. The Labute approximate surface area is 102 Å². The Balaban J connectivity index is 2.27. The molecule has 0 bridgehead atoms. The van der Waals surface area contributed by atoms with Gasteiger partial charge in [-0.15, -0.1) is 0 Å². The van der Waals surface area contributed by atoms with E-state index in [1.54, 1.807) is 21.9 Å². The monoisotopic (exact) mass is 220 g/mol. The molecule has 17 heavy (non-hydrogen) atoms. The van der Waals surface area contributed by atoms with Crippen LogP contribution in [0.1, 0.15) is 34.2 Å².